The second kappa shape index (κ2) is 8.54. The van der Waals surface area contributed by atoms with Gasteiger partial charge in [0.1, 0.15) is 0 Å². The highest BCUT2D eigenvalue weighted by atomic mass is 35.5. The highest BCUT2D eigenvalue weighted by Gasteiger charge is 2.12. The lowest BCUT2D eigenvalue weighted by Gasteiger charge is -2.17. The van der Waals surface area contributed by atoms with Crippen LogP contribution in [-0.4, -0.2) is 13.2 Å². The van der Waals surface area contributed by atoms with Crippen LogP contribution in [0.1, 0.15) is 27.2 Å². The minimum Gasteiger partial charge on any atom is -0.237 e. The van der Waals surface area contributed by atoms with E-state index < -0.39 is 0 Å². The van der Waals surface area contributed by atoms with Crippen molar-refractivity contribution in [1.29, 1.82) is 0 Å². The lowest BCUT2D eigenvalue weighted by molar-refractivity contribution is -0.299. The minimum absolute atomic E-state index is 0.474. The molecule has 0 aliphatic heterocycles. The summed E-state index contributed by atoms with van der Waals surface area (Å²) in [6, 6.07) is 0. The third kappa shape index (κ3) is 7.05. The third-order valence-electron chi connectivity index (χ3n) is 1.95. The standard InChI is InChI=1S/C10H19ClO2/c1-4-12-13-8-10(9(2)3)6-5-7-11/h5,7,9-10H,4,6,8H2,1-3H3/b7-5+. The molecule has 0 N–H and O–H groups in total. The summed E-state index contributed by atoms with van der Waals surface area (Å²) in [4.78, 5) is 9.86. The third-order valence-corrected chi connectivity index (χ3v) is 2.13. The van der Waals surface area contributed by atoms with E-state index in [2.05, 4.69) is 13.8 Å². The van der Waals surface area contributed by atoms with E-state index in [4.69, 9.17) is 21.4 Å². The number of halogens is 1. The SMILES string of the molecule is CCOOCC(C/C=C/Cl)C(C)C. The van der Waals surface area contributed by atoms with Gasteiger partial charge in [0.2, 0.25) is 0 Å². The van der Waals surface area contributed by atoms with Crippen molar-refractivity contribution in [3.63, 3.8) is 0 Å². The summed E-state index contributed by atoms with van der Waals surface area (Å²) >= 11 is 5.46. The Hall–Kier alpha value is -0.0500. The van der Waals surface area contributed by atoms with Gasteiger partial charge in [-0.25, -0.2) is 9.78 Å². The van der Waals surface area contributed by atoms with Crippen molar-refractivity contribution in [1.82, 2.24) is 0 Å². The summed E-state index contributed by atoms with van der Waals surface area (Å²) in [5.41, 5.74) is 1.55. The fourth-order valence-electron chi connectivity index (χ4n) is 0.978. The molecule has 0 rings (SSSR count). The molecule has 13 heavy (non-hydrogen) atoms. The Labute approximate surface area is 85.8 Å². The van der Waals surface area contributed by atoms with Gasteiger partial charge in [-0.15, -0.1) is 0 Å². The average Bonchev–Trinajstić information content (AvgIpc) is 2.10. The first kappa shape index (κ1) is 12.9. The molecule has 2 nitrogen and oxygen atoms in total. The van der Waals surface area contributed by atoms with Crippen molar-refractivity contribution < 1.29 is 9.78 Å². The zero-order chi connectivity index (χ0) is 10.1. The normalized spacial score (nSPS) is 14.2. The maximum Gasteiger partial charge on any atom is 0.0855 e. The van der Waals surface area contributed by atoms with Crippen LogP contribution >= 0.6 is 11.6 Å². The zero-order valence-corrected chi connectivity index (χ0v) is 9.38. The van der Waals surface area contributed by atoms with E-state index in [1.54, 1.807) is 5.54 Å². The second-order valence-electron chi connectivity index (χ2n) is 3.29. The topological polar surface area (TPSA) is 18.5 Å². The van der Waals surface area contributed by atoms with Crippen LogP contribution in [0, 0.1) is 11.8 Å². The molecule has 0 fully saturated rings. The zero-order valence-electron chi connectivity index (χ0n) is 8.63. The number of hydrogen-bond acceptors (Lipinski definition) is 2. The summed E-state index contributed by atoms with van der Waals surface area (Å²) in [5, 5.41) is 0. The Morgan fingerprint density at radius 1 is 1.31 bits per heavy atom. The molecule has 0 bridgehead atoms. The van der Waals surface area contributed by atoms with Gasteiger partial charge >= 0.3 is 0 Å². The van der Waals surface area contributed by atoms with Gasteiger partial charge in [-0.3, -0.25) is 0 Å². The van der Waals surface area contributed by atoms with E-state index in [1.807, 2.05) is 13.0 Å². The van der Waals surface area contributed by atoms with Crippen LogP contribution in [0.25, 0.3) is 0 Å². The maximum absolute atomic E-state index is 5.46. The molecule has 1 atom stereocenters. The summed E-state index contributed by atoms with van der Waals surface area (Å²) in [6.07, 6.45) is 2.88. The van der Waals surface area contributed by atoms with Gasteiger partial charge in [0, 0.05) is 5.54 Å². The average molecular weight is 207 g/mol. The Morgan fingerprint density at radius 3 is 2.46 bits per heavy atom. The summed E-state index contributed by atoms with van der Waals surface area (Å²) < 4.78 is 0. The van der Waals surface area contributed by atoms with E-state index in [-0.39, 0.29) is 0 Å². The predicted molar refractivity (Wildman–Crippen MR) is 55.5 cm³/mol. The van der Waals surface area contributed by atoms with Crippen molar-refractivity contribution in [3.05, 3.63) is 11.6 Å². The number of allylic oxidation sites excluding steroid dienone is 1. The van der Waals surface area contributed by atoms with Gasteiger partial charge in [-0.1, -0.05) is 31.5 Å². The maximum atomic E-state index is 5.46. The molecule has 0 spiro atoms. The molecule has 0 aromatic heterocycles. The molecule has 3 heteroatoms. The van der Waals surface area contributed by atoms with Crippen LogP contribution in [0.15, 0.2) is 11.6 Å². The number of hydrogen-bond donors (Lipinski definition) is 0. The molecule has 0 aromatic rings. The Balaban J connectivity index is 3.67. The van der Waals surface area contributed by atoms with Crippen molar-refractivity contribution in [2.75, 3.05) is 13.2 Å². The molecule has 0 aliphatic carbocycles. The Bertz CT molecular complexity index is 135. The molecular weight excluding hydrogens is 188 g/mol. The van der Waals surface area contributed by atoms with Gasteiger partial charge in [0.25, 0.3) is 0 Å². The lowest BCUT2D eigenvalue weighted by Crippen LogP contribution is -2.15. The molecule has 1 unspecified atom stereocenters. The Kier molecular flexibility index (Phi) is 8.51. The van der Waals surface area contributed by atoms with Crippen molar-refractivity contribution in [3.8, 4) is 0 Å². The molecular formula is C10H19ClO2. The van der Waals surface area contributed by atoms with Crippen LogP contribution in [0.2, 0.25) is 0 Å². The molecule has 0 saturated heterocycles. The molecule has 0 heterocycles. The summed E-state index contributed by atoms with van der Waals surface area (Å²) in [7, 11) is 0. The summed E-state index contributed by atoms with van der Waals surface area (Å²) in [5.74, 6) is 1.05. The largest absolute Gasteiger partial charge is 0.237 e. The fourth-order valence-corrected chi connectivity index (χ4v) is 1.08. The van der Waals surface area contributed by atoms with Crippen molar-refractivity contribution >= 4 is 11.6 Å². The van der Waals surface area contributed by atoms with Crippen LogP contribution < -0.4 is 0 Å². The van der Waals surface area contributed by atoms with Gasteiger partial charge < -0.3 is 0 Å². The second-order valence-corrected chi connectivity index (χ2v) is 3.54. The van der Waals surface area contributed by atoms with Crippen LogP contribution in [0.4, 0.5) is 0 Å². The first-order valence-corrected chi connectivity index (χ1v) is 5.15. The highest BCUT2D eigenvalue weighted by molar-refractivity contribution is 6.25. The van der Waals surface area contributed by atoms with Crippen molar-refractivity contribution in [2.24, 2.45) is 11.8 Å². The van der Waals surface area contributed by atoms with Gasteiger partial charge in [0.15, 0.2) is 0 Å². The van der Waals surface area contributed by atoms with E-state index in [9.17, 15) is 0 Å². The Morgan fingerprint density at radius 2 is 2.00 bits per heavy atom. The molecule has 0 aromatic carbocycles. The van der Waals surface area contributed by atoms with Crippen LogP contribution in [0.3, 0.4) is 0 Å². The fraction of sp³-hybridized carbons (Fsp3) is 0.800. The lowest BCUT2D eigenvalue weighted by atomic mass is 9.94. The quantitative estimate of drug-likeness (QED) is 0.361. The predicted octanol–water partition coefficient (Wildman–Crippen LogP) is 3.37. The molecule has 0 radical (unpaired) electrons. The van der Waals surface area contributed by atoms with Crippen LogP contribution in [-0.2, 0) is 9.78 Å². The van der Waals surface area contributed by atoms with Gasteiger partial charge in [-0.05, 0) is 25.2 Å². The van der Waals surface area contributed by atoms with E-state index >= 15 is 0 Å². The molecule has 0 saturated carbocycles. The minimum atomic E-state index is 0.474. The smallest absolute Gasteiger partial charge is 0.0855 e. The number of rotatable bonds is 7. The summed E-state index contributed by atoms with van der Waals surface area (Å²) in [6.45, 7) is 7.47. The van der Waals surface area contributed by atoms with E-state index in [0.29, 0.717) is 25.0 Å². The van der Waals surface area contributed by atoms with E-state index in [0.717, 1.165) is 6.42 Å². The first-order valence-electron chi connectivity index (χ1n) is 4.72. The van der Waals surface area contributed by atoms with E-state index in [1.165, 1.54) is 0 Å². The molecule has 0 aliphatic rings. The van der Waals surface area contributed by atoms with Gasteiger partial charge in [-0.2, -0.15) is 0 Å². The van der Waals surface area contributed by atoms with Crippen molar-refractivity contribution in [2.45, 2.75) is 27.2 Å². The molecule has 0 amide bonds. The monoisotopic (exact) mass is 206 g/mol. The first-order chi connectivity index (χ1) is 6.22. The van der Waals surface area contributed by atoms with Crippen LogP contribution in [0.5, 0.6) is 0 Å². The molecule has 78 valence electrons. The van der Waals surface area contributed by atoms with Gasteiger partial charge in [0.05, 0.1) is 13.2 Å². The highest BCUT2D eigenvalue weighted by Crippen LogP contribution is 2.16.